The molecule has 10 nitrogen and oxygen atoms in total. The van der Waals surface area contributed by atoms with Crippen LogP contribution in [0.2, 0.25) is 0 Å². The fraction of sp³-hybridized carbons (Fsp3) is 0. The Labute approximate surface area is 164 Å². The van der Waals surface area contributed by atoms with Crippen molar-refractivity contribution in [1.82, 2.24) is 0 Å². The van der Waals surface area contributed by atoms with Crippen LogP contribution in [0.15, 0.2) is 0 Å². The molecule has 0 rings (SSSR count). The molecule has 15 heavy (non-hydrogen) atoms. The van der Waals surface area contributed by atoms with Gasteiger partial charge in [-0.2, -0.15) is 0 Å². The van der Waals surface area contributed by atoms with E-state index in [0.29, 0.717) is 0 Å². The van der Waals surface area contributed by atoms with Gasteiger partial charge in [-0.15, -0.1) is 0 Å². The van der Waals surface area contributed by atoms with E-state index in [2.05, 4.69) is 0 Å². The van der Waals surface area contributed by atoms with Crippen molar-refractivity contribution in [1.29, 1.82) is 0 Å². The van der Waals surface area contributed by atoms with Gasteiger partial charge in [-0.1, -0.05) is 0 Å². The fourth-order valence-electron chi connectivity index (χ4n) is 0. The van der Waals surface area contributed by atoms with Gasteiger partial charge in [-0.25, -0.2) is 0 Å². The Kier molecular flexibility index (Phi) is 70.5. The monoisotopic (exact) mass is 504 g/mol. The maximum absolute atomic E-state index is 8.33. The van der Waals surface area contributed by atoms with Crippen molar-refractivity contribution in [3.8, 4) is 0 Å². The summed E-state index contributed by atoms with van der Waals surface area (Å²) in [6.45, 7) is 0. The number of hydrogen-bond donors (Lipinski definition) is 0. The average Bonchev–Trinajstić information content (AvgIpc) is 1.54. The molecule has 0 amide bonds. The Bertz CT molecular complexity index is 116. The van der Waals surface area contributed by atoms with Gasteiger partial charge in [0.2, 0.25) is 0 Å². The summed E-state index contributed by atoms with van der Waals surface area (Å²) in [5.41, 5.74) is 0. The molecule has 0 saturated heterocycles. The summed E-state index contributed by atoms with van der Waals surface area (Å²) >= 11 is 0. The van der Waals surface area contributed by atoms with E-state index < -0.39 is 18.5 Å². The maximum Gasteiger partial charge on any atom is 3.00 e. The van der Waals surface area contributed by atoms with E-state index in [-0.39, 0.29) is 104 Å². The molecule has 0 heterocycles. The molecule has 0 aromatic carbocycles. The van der Waals surface area contributed by atoms with Gasteiger partial charge in [0.05, 0.1) is 0 Å². The predicted molar refractivity (Wildman–Crippen MR) is 19.8 cm³/mol. The zero-order valence-corrected chi connectivity index (χ0v) is 11.3. The number of carboxylic acid groups (broad SMARTS) is 6. The first kappa shape index (κ1) is 36.0. The molecule has 0 saturated carbocycles. The SMILES string of the molecule is O.O=C([O-])[O-].O=C([O-])[O-].O=C([O-])[O-].[Eu+3].[Eu+3]. The van der Waals surface area contributed by atoms with E-state index in [1.54, 1.807) is 0 Å². The van der Waals surface area contributed by atoms with Crippen molar-refractivity contribution in [3.05, 3.63) is 0 Å². The first-order chi connectivity index (χ1) is 5.20. The van der Waals surface area contributed by atoms with Crippen LogP contribution in [-0.2, 0) is 0 Å². The van der Waals surface area contributed by atoms with Crippen LogP contribution in [0.5, 0.6) is 0 Å². The van der Waals surface area contributed by atoms with Gasteiger partial charge in [0.25, 0.3) is 0 Å². The number of hydrogen-bond acceptors (Lipinski definition) is 9. The van der Waals surface area contributed by atoms with E-state index >= 15 is 0 Å². The minimum Gasteiger partial charge on any atom is -0.652 e. The number of carbonyl (C=O) groups is 3. The van der Waals surface area contributed by atoms with E-state index in [9.17, 15) is 0 Å². The zero-order valence-electron chi connectivity index (χ0n) is 6.43. The van der Waals surface area contributed by atoms with Crippen LogP contribution in [0.1, 0.15) is 0 Å². The third-order valence-electron chi connectivity index (χ3n) is 0. The van der Waals surface area contributed by atoms with Gasteiger partial charge >= 0.3 is 98.8 Å². The second-order valence-corrected chi connectivity index (χ2v) is 0.750. The van der Waals surface area contributed by atoms with E-state index in [4.69, 9.17) is 45.0 Å². The summed E-state index contributed by atoms with van der Waals surface area (Å²) in [6.07, 6.45) is -7.00. The van der Waals surface area contributed by atoms with Gasteiger partial charge in [-0.3, -0.25) is 0 Å². The summed E-state index contributed by atoms with van der Waals surface area (Å²) < 4.78 is 0. The van der Waals surface area contributed by atoms with Crippen molar-refractivity contribution < 1.29 is 149 Å². The van der Waals surface area contributed by atoms with Gasteiger partial charge in [0, 0.05) is 0 Å². The maximum atomic E-state index is 8.33. The van der Waals surface area contributed by atoms with Crippen molar-refractivity contribution in [2.45, 2.75) is 0 Å². The molecule has 0 atom stereocenters. The molecule has 0 radical (unpaired) electrons. The van der Waals surface area contributed by atoms with Crippen LogP contribution in [0.3, 0.4) is 0 Å². The second kappa shape index (κ2) is 29.4. The number of carbonyl (C=O) groups excluding carboxylic acids is 3. The molecule has 0 aliphatic heterocycles. The fourth-order valence-corrected chi connectivity index (χ4v) is 0. The predicted octanol–water partition coefficient (Wildman–Crippen LogP) is -8.17. The zero-order chi connectivity index (χ0) is 10.7. The molecule has 88 valence electrons. The third-order valence-corrected chi connectivity index (χ3v) is 0. The van der Waals surface area contributed by atoms with Crippen molar-refractivity contribution >= 4 is 18.5 Å². The molecule has 0 aliphatic rings. The van der Waals surface area contributed by atoms with Gasteiger partial charge < -0.3 is 50.5 Å². The Morgan fingerprint density at radius 2 is 0.533 bits per heavy atom. The molecule has 0 aliphatic carbocycles. The Morgan fingerprint density at radius 3 is 0.533 bits per heavy atom. The molecule has 0 aromatic rings. The molecule has 12 heteroatoms. The van der Waals surface area contributed by atoms with E-state index in [0.717, 1.165) is 0 Å². The summed E-state index contributed by atoms with van der Waals surface area (Å²) in [5.74, 6) is 0. The minimum atomic E-state index is -2.33. The van der Waals surface area contributed by atoms with Crippen LogP contribution >= 0.6 is 0 Å². The third kappa shape index (κ3) is 2840. The first-order valence-electron chi connectivity index (χ1n) is 1.84. The second-order valence-electron chi connectivity index (χ2n) is 0.750. The summed E-state index contributed by atoms with van der Waals surface area (Å²) in [7, 11) is 0. The molecule has 2 N–H and O–H groups in total. The quantitative estimate of drug-likeness (QED) is 0.307. The van der Waals surface area contributed by atoms with Crippen molar-refractivity contribution in [2.24, 2.45) is 0 Å². The first-order valence-corrected chi connectivity index (χ1v) is 1.84. The van der Waals surface area contributed by atoms with Gasteiger partial charge in [0.1, 0.15) is 0 Å². The molecule has 0 aromatic heterocycles. The summed E-state index contributed by atoms with van der Waals surface area (Å²) in [6, 6.07) is 0. The van der Waals surface area contributed by atoms with Crippen molar-refractivity contribution in [3.63, 3.8) is 0 Å². The standard InChI is InChI=1S/3CH2O3.2Eu.H2O/c3*2-1(3)4;;;/h3*(H2,2,3,4);;;1H2/q;;;2*+3;/p-6. The smallest absolute Gasteiger partial charge is 0.652 e. The average molecular weight is 502 g/mol. The van der Waals surface area contributed by atoms with E-state index in [1.165, 1.54) is 0 Å². The van der Waals surface area contributed by atoms with Gasteiger partial charge in [0.15, 0.2) is 0 Å². The Morgan fingerprint density at radius 1 is 0.533 bits per heavy atom. The minimum absolute atomic E-state index is 0. The molecular formula is C3H2Eu2O10. The van der Waals surface area contributed by atoms with Crippen LogP contribution in [-0.4, -0.2) is 23.9 Å². The molecule has 0 unspecified atom stereocenters. The largest absolute Gasteiger partial charge is 3.00 e. The number of rotatable bonds is 0. The molecule has 0 fully saturated rings. The van der Waals surface area contributed by atoms with Crippen LogP contribution in [0, 0.1) is 98.8 Å². The molecule has 0 bridgehead atoms. The summed E-state index contributed by atoms with van der Waals surface area (Å²) in [4.78, 5) is 25.0. The Hall–Kier alpha value is 0.939. The van der Waals surface area contributed by atoms with Crippen LogP contribution in [0.25, 0.3) is 0 Å². The summed E-state index contributed by atoms with van der Waals surface area (Å²) in [5, 5.41) is 50.0. The normalized spacial score (nSPS) is 4.80. The van der Waals surface area contributed by atoms with Crippen molar-refractivity contribution in [2.75, 3.05) is 0 Å². The Balaban J connectivity index is -0.0000000184. The van der Waals surface area contributed by atoms with Crippen LogP contribution in [0.4, 0.5) is 14.4 Å². The van der Waals surface area contributed by atoms with E-state index in [1.807, 2.05) is 0 Å². The topological polar surface area (TPSA) is 221 Å². The molecular weight excluding hydrogens is 500 g/mol. The van der Waals surface area contributed by atoms with Crippen LogP contribution < -0.4 is 30.6 Å². The van der Waals surface area contributed by atoms with Gasteiger partial charge in [-0.05, 0) is 18.5 Å². The molecule has 0 spiro atoms.